The van der Waals surface area contributed by atoms with Crippen molar-refractivity contribution in [2.75, 3.05) is 0 Å². The molecule has 0 aliphatic rings. The molecule has 0 saturated heterocycles. The number of ether oxygens (including phenoxy) is 1. The summed E-state index contributed by atoms with van der Waals surface area (Å²) < 4.78 is 5.67. The smallest absolute Gasteiger partial charge is 0.146 e. The van der Waals surface area contributed by atoms with Gasteiger partial charge in [-0.05, 0) is 42.3 Å². The summed E-state index contributed by atoms with van der Waals surface area (Å²) in [5.41, 5.74) is 1.11. The molecule has 2 aromatic rings. The second kappa shape index (κ2) is 6.47. The molecule has 0 aliphatic carbocycles. The lowest BCUT2D eigenvalue weighted by Gasteiger charge is -2.08. The van der Waals surface area contributed by atoms with Gasteiger partial charge in [-0.15, -0.1) is 0 Å². The van der Waals surface area contributed by atoms with Gasteiger partial charge in [0.05, 0.1) is 11.1 Å². The zero-order valence-corrected chi connectivity index (χ0v) is 11.6. The van der Waals surface area contributed by atoms with Crippen molar-refractivity contribution in [1.82, 2.24) is 0 Å². The minimum absolute atomic E-state index is 0.473. The zero-order valence-electron chi connectivity index (χ0n) is 10.1. The number of halogens is 2. The Morgan fingerprint density at radius 3 is 2.42 bits per heavy atom. The molecule has 0 bridgehead atoms. The van der Waals surface area contributed by atoms with E-state index in [1.807, 2.05) is 24.3 Å². The molecule has 0 aliphatic heterocycles. The van der Waals surface area contributed by atoms with Gasteiger partial charge in [-0.25, -0.2) is 0 Å². The average Bonchev–Trinajstić information content (AvgIpc) is 2.41. The Balaban J connectivity index is 2.09. The van der Waals surface area contributed by atoms with Gasteiger partial charge in [0.1, 0.15) is 11.5 Å². The van der Waals surface area contributed by atoms with E-state index in [1.165, 1.54) is 0 Å². The highest BCUT2D eigenvalue weighted by Gasteiger charge is 2.04. The number of hydrogen-bond donors (Lipinski definition) is 0. The molecule has 0 N–H and O–H groups in total. The van der Waals surface area contributed by atoms with Crippen molar-refractivity contribution in [1.29, 1.82) is 5.26 Å². The van der Waals surface area contributed by atoms with Crippen LogP contribution in [0.1, 0.15) is 12.0 Å². The molecule has 2 nitrogen and oxygen atoms in total. The average molecular weight is 292 g/mol. The van der Waals surface area contributed by atoms with E-state index < -0.39 is 0 Å². The summed E-state index contributed by atoms with van der Waals surface area (Å²) in [6.45, 7) is 0. The first-order chi connectivity index (χ1) is 9.19. The van der Waals surface area contributed by atoms with Crippen LogP contribution in [-0.4, -0.2) is 0 Å². The van der Waals surface area contributed by atoms with Crippen LogP contribution in [0.15, 0.2) is 42.5 Å². The van der Waals surface area contributed by atoms with Crippen molar-refractivity contribution in [2.45, 2.75) is 12.8 Å². The summed E-state index contributed by atoms with van der Waals surface area (Å²) in [6.07, 6.45) is 1.27. The van der Waals surface area contributed by atoms with Crippen LogP contribution in [0.5, 0.6) is 11.5 Å². The molecule has 0 radical (unpaired) electrons. The van der Waals surface area contributed by atoms with Crippen LogP contribution in [0.25, 0.3) is 0 Å². The van der Waals surface area contributed by atoms with E-state index in [0.29, 0.717) is 28.0 Å². The molecular weight excluding hydrogens is 281 g/mol. The third kappa shape index (κ3) is 3.89. The molecule has 0 amide bonds. The topological polar surface area (TPSA) is 33.0 Å². The molecular formula is C15H11Cl2NO. The van der Waals surface area contributed by atoms with Crippen LogP contribution < -0.4 is 4.74 Å². The number of nitrogens with zero attached hydrogens (tertiary/aromatic N) is 1. The lowest BCUT2D eigenvalue weighted by molar-refractivity contribution is 0.482. The van der Waals surface area contributed by atoms with Crippen molar-refractivity contribution in [2.24, 2.45) is 0 Å². The second-order valence-corrected chi connectivity index (χ2v) is 4.82. The Kier molecular flexibility index (Phi) is 4.68. The van der Waals surface area contributed by atoms with Gasteiger partial charge in [-0.3, -0.25) is 0 Å². The van der Waals surface area contributed by atoms with E-state index in [2.05, 4.69) is 6.07 Å². The van der Waals surface area contributed by atoms with Gasteiger partial charge in [0.25, 0.3) is 0 Å². The molecule has 0 unspecified atom stereocenters. The third-order valence-corrected chi connectivity index (χ3v) is 3.10. The van der Waals surface area contributed by atoms with Crippen LogP contribution in [0.3, 0.4) is 0 Å². The first kappa shape index (κ1) is 13.7. The Bertz CT molecular complexity index is 603. The quantitative estimate of drug-likeness (QED) is 0.771. The summed E-state index contributed by atoms with van der Waals surface area (Å²) >= 11 is 11.9. The minimum Gasteiger partial charge on any atom is -0.456 e. The normalized spacial score (nSPS) is 9.95. The van der Waals surface area contributed by atoms with Crippen LogP contribution in [0, 0.1) is 11.3 Å². The van der Waals surface area contributed by atoms with E-state index in [4.69, 9.17) is 33.2 Å². The van der Waals surface area contributed by atoms with Crippen molar-refractivity contribution in [3.63, 3.8) is 0 Å². The fourth-order valence-electron chi connectivity index (χ4n) is 1.61. The molecule has 2 rings (SSSR count). The molecule has 2 aromatic carbocycles. The molecule has 0 saturated carbocycles. The maximum Gasteiger partial charge on any atom is 0.146 e. The predicted molar refractivity (Wildman–Crippen MR) is 76.9 cm³/mol. The van der Waals surface area contributed by atoms with Crippen molar-refractivity contribution < 1.29 is 4.74 Å². The van der Waals surface area contributed by atoms with Crippen LogP contribution in [0.4, 0.5) is 0 Å². The minimum atomic E-state index is 0.473. The van der Waals surface area contributed by atoms with Crippen LogP contribution >= 0.6 is 23.2 Å². The van der Waals surface area contributed by atoms with Gasteiger partial charge in [-0.2, -0.15) is 5.26 Å². The largest absolute Gasteiger partial charge is 0.456 e. The van der Waals surface area contributed by atoms with Gasteiger partial charge in [0.2, 0.25) is 0 Å². The number of hydrogen-bond acceptors (Lipinski definition) is 2. The molecule has 0 aromatic heterocycles. The predicted octanol–water partition coefficient (Wildman–Crippen LogP) is 5.24. The van der Waals surface area contributed by atoms with Gasteiger partial charge >= 0.3 is 0 Å². The first-order valence-electron chi connectivity index (χ1n) is 5.78. The lowest BCUT2D eigenvalue weighted by Crippen LogP contribution is -1.87. The first-order valence-corrected chi connectivity index (χ1v) is 6.53. The summed E-state index contributed by atoms with van der Waals surface area (Å²) in [6, 6.07) is 14.8. The standard InChI is InChI=1S/C15H11Cl2NO/c16-12-5-8-15(14(17)10-12)19-13-6-3-11(4-7-13)2-1-9-18/h3-8,10H,1-2H2. The molecule has 0 fully saturated rings. The lowest BCUT2D eigenvalue weighted by atomic mass is 10.1. The fourth-order valence-corrected chi connectivity index (χ4v) is 2.06. The number of nitriles is 1. The van der Waals surface area contributed by atoms with Gasteiger partial charge in [0.15, 0.2) is 0 Å². The number of benzene rings is 2. The summed E-state index contributed by atoms with van der Waals surface area (Å²) in [4.78, 5) is 0. The Morgan fingerprint density at radius 1 is 1.05 bits per heavy atom. The fraction of sp³-hybridized carbons (Fsp3) is 0.133. The number of aryl methyl sites for hydroxylation is 1. The van der Waals surface area contributed by atoms with Crippen molar-refractivity contribution >= 4 is 23.2 Å². The maximum absolute atomic E-state index is 8.53. The molecule has 0 atom stereocenters. The summed E-state index contributed by atoms with van der Waals surface area (Å²) in [7, 11) is 0. The third-order valence-electron chi connectivity index (χ3n) is 2.57. The SMILES string of the molecule is N#CCCc1ccc(Oc2ccc(Cl)cc2Cl)cc1. The van der Waals surface area contributed by atoms with E-state index in [1.54, 1.807) is 18.2 Å². The Morgan fingerprint density at radius 2 is 1.79 bits per heavy atom. The maximum atomic E-state index is 8.53. The van der Waals surface area contributed by atoms with Gasteiger partial charge < -0.3 is 4.74 Å². The zero-order chi connectivity index (χ0) is 13.7. The van der Waals surface area contributed by atoms with E-state index in [-0.39, 0.29) is 0 Å². The second-order valence-electron chi connectivity index (χ2n) is 3.98. The van der Waals surface area contributed by atoms with E-state index >= 15 is 0 Å². The summed E-state index contributed by atoms with van der Waals surface area (Å²) in [5, 5.41) is 9.58. The highest BCUT2D eigenvalue weighted by atomic mass is 35.5. The Hall–Kier alpha value is -1.69. The molecule has 0 heterocycles. The Labute approximate surface area is 122 Å². The highest BCUT2D eigenvalue weighted by molar-refractivity contribution is 6.35. The van der Waals surface area contributed by atoms with E-state index in [9.17, 15) is 0 Å². The van der Waals surface area contributed by atoms with Gasteiger partial charge in [-0.1, -0.05) is 35.3 Å². The van der Waals surface area contributed by atoms with Crippen molar-refractivity contribution in [3.8, 4) is 17.6 Å². The molecule has 96 valence electrons. The van der Waals surface area contributed by atoms with E-state index in [0.717, 1.165) is 12.0 Å². The monoisotopic (exact) mass is 291 g/mol. The molecule has 19 heavy (non-hydrogen) atoms. The van der Waals surface area contributed by atoms with Crippen molar-refractivity contribution in [3.05, 3.63) is 58.1 Å². The number of rotatable bonds is 4. The van der Waals surface area contributed by atoms with Crippen LogP contribution in [-0.2, 0) is 6.42 Å². The molecule has 4 heteroatoms. The van der Waals surface area contributed by atoms with Crippen LogP contribution in [0.2, 0.25) is 10.0 Å². The molecule has 0 spiro atoms. The highest BCUT2D eigenvalue weighted by Crippen LogP contribution is 2.31. The summed E-state index contributed by atoms with van der Waals surface area (Å²) in [5.74, 6) is 1.26. The van der Waals surface area contributed by atoms with Gasteiger partial charge in [0, 0.05) is 11.4 Å².